The topological polar surface area (TPSA) is 251 Å². The molecule has 0 rings (SSSR count). The Morgan fingerprint density at radius 2 is 1.28 bits per heavy atom. The number of unbranched alkanes of at least 4 members (excludes halogenated alkanes) is 1. The van der Waals surface area contributed by atoms with Gasteiger partial charge in [-0.05, 0) is 39.2 Å². The number of hydrogen-bond donors (Lipinski definition) is 8. The molecule has 4 unspecified atom stereocenters. The Morgan fingerprint density at radius 1 is 0.750 bits per heavy atom. The van der Waals surface area contributed by atoms with E-state index in [9.17, 15) is 33.9 Å². The van der Waals surface area contributed by atoms with Gasteiger partial charge in [0.25, 0.3) is 0 Å². The van der Waals surface area contributed by atoms with Crippen molar-refractivity contribution >= 4 is 35.6 Å². The molecule has 0 aliphatic rings. The zero-order chi connectivity index (χ0) is 24.8. The third-order valence-corrected chi connectivity index (χ3v) is 4.27. The van der Waals surface area contributed by atoms with Crippen LogP contribution in [0.5, 0.6) is 0 Å². The lowest BCUT2D eigenvalue weighted by Crippen LogP contribution is -2.57. The van der Waals surface area contributed by atoms with Gasteiger partial charge in [-0.3, -0.25) is 24.0 Å². The molecule has 0 saturated carbocycles. The number of carbonyl (C=O) groups excluding carboxylic acids is 3. The molecule has 0 bridgehead atoms. The van der Waals surface area contributed by atoms with Crippen molar-refractivity contribution in [3.63, 3.8) is 0 Å². The number of hydrogen-bond acceptors (Lipinski definition) is 8. The lowest BCUT2D eigenvalue weighted by atomic mass is 10.1. The van der Waals surface area contributed by atoms with Crippen molar-refractivity contribution in [3.8, 4) is 0 Å². The van der Waals surface area contributed by atoms with Gasteiger partial charge < -0.3 is 42.7 Å². The van der Waals surface area contributed by atoms with E-state index in [1.54, 1.807) is 0 Å². The van der Waals surface area contributed by atoms with Crippen LogP contribution in [0.2, 0.25) is 0 Å². The fraction of sp³-hybridized carbons (Fsp3) is 0.667. The second kappa shape index (κ2) is 14.7. The molecule has 0 aromatic carbocycles. The Morgan fingerprint density at radius 3 is 1.75 bits per heavy atom. The van der Waals surface area contributed by atoms with Crippen LogP contribution in [0.3, 0.4) is 0 Å². The maximum atomic E-state index is 12.6. The molecule has 10 N–H and O–H groups in total. The molecule has 14 heteroatoms. The minimum atomic E-state index is -1.67. The lowest BCUT2D eigenvalue weighted by Gasteiger charge is -2.24. The van der Waals surface area contributed by atoms with Crippen molar-refractivity contribution in [2.24, 2.45) is 11.5 Å². The van der Waals surface area contributed by atoms with Crippen LogP contribution in [0.15, 0.2) is 0 Å². The van der Waals surface area contributed by atoms with E-state index < -0.39 is 72.6 Å². The van der Waals surface area contributed by atoms with E-state index >= 15 is 0 Å². The molecule has 0 spiro atoms. The first-order chi connectivity index (χ1) is 14.9. The van der Waals surface area contributed by atoms with Crippen molar-refractivity contribution in [1.82, 2.24) is 16.0 Å². The zero-order valence-electron chi connectivity index (χ0n) is 17.7. The Hall–Kier alpha value is -3.26. The summed E-state index contributed by atoms with van der Waals surface area (Å²) in [7, 11) is 0. The molecule has 0 aromatic heterocycles. The standard InChI is InChI=1S/C18H31N5O9/c1-9(20)15(28)21-10(5-6-13(24)25)16(29)23-12(8-14(26)27)17(30)22-11(18(31)32)4-2-3-7-19/h9-12H,2-8,19-20H2,1H3,(H,21,28)(H,22,30)(H,23,29)(H,24,25)(H,26,27)(H,31,32). The van der Waals surface area contributed by atoms with Gasteiger partial charge in [0, 0.05) is 6.42 Å². The Bertz CT molecular complexity index is 698. The first-order valence-corrected chi connectivity index (χ1v) is 9.92. The van der Waals surface area contributed by atoms with E-state index in [4.69, 9.17) is 21.7 Å². The van der Waals surface area contributed by atoms with E-state index in [2.05, 4.69) is 16.0 Å². The normalized spacial score (nSPS) is 14.3. The van der Waals surface area contributed by atoms with Crippen LogP contribution in [-0.4, -0.2) is 81.7 Å². The van der Waals surface area contributed by atoms with Gasteiger partial charge >= 0.3 is 17.9 Å². The molecular formula is C18H31N5O9. The average Bonchev–Trinajstić information content (AvgIpc) is 2.68. The fourth-order valence-corrected chi connectivity index (χ4v) is 2.52. The quantitative estimate of drug-likeness (QED) is 0.110. The van der Waals surface area contributed by atoms with Crippen LogP contribution >= 0.6 is 0 Å². The minimum Gasteiger partial charge on any atom is -0.481 e. The maximum absolute atomic E-state index is 12.6. The highest BCUT2D eigenvalue weighted by molar-refractivity contribution is 5.95. The number of carboxylic acid groups (broad SMARTS) is 3. The summed E-state index contributed by atoms with van der Waals surface area (Å²) in [4.78, 5) is 70.3. The van der Waals surface area contributed by atoms with Crippen LogP contribution in [0.25, 0.3) is 0 Å². The number of rotatable bonds is 16. The summed E-state index contributed by atoms with van der Waals surface area (Å²) in [5.41, 5.74) is 10.8. The molecule has 32 heavy (non-hydrogen) atoms. The van der Waals surface area contributed by atoms with Crippen LogP contribution in [0.4, 0.5) is 0 Å². The Labute approximate surface area is 184 Å². The molecule has 0 saturated heterocycles. The SMILES string of the molecule is CC(N)C(=O)NC(CCC(=O)O)C(=O)NC(CC(=O)O)C(=O)NC(CCCCN)C(=O)O. The predicted molar refractivity (Wildman–Crippen MR) is 109 cm³/mol. The van der Waals surface area contributed by atoms with Gasteiger partial charge in [0.15, 0.2) is 0 Å². The van der Waals surface area contributed by atoms with Gasteiger partial charge in [-0.15, -0.1) is 0 Å². The first kappa shape index (κ1) is 28.7. The van der Waals surface area contributed by atoms with Gasteiger partial charge in [0.1, 0.15) is 18.1 Å². The van der Waals surface area contributed by atoms with Gasteiger partial charge in [0.05, 0.1) is 12.5 Å². The minimum absolute atomic E-state index is 0.0394. The summed E-state index contributed by atoms with van der Waals surface area (Å²) < 4.78 is 0. The highest BCUT2D eigenvalue weighted by Crippen LogP contribution is 2.05. The Kier molecular flexibility index (Phi) is 13.2. The summed E-state index contributed by atoms with van der Waals surface area (Å²) in [6, 6.07) is -5.43. The van der Waals surface area contributed by atoms with E-state index in [1.807, 2.05) is 0 Å². The summed E-state index contributed by atoms with van der Waals surface area (Å²) in [5.74, 6) is -6.89. The second-order valence-corrected chi connectivity index (χ2v) is 7.13. The number of amides is 3. The van der Waals surface area contributed by atoms with Crippen molar-refractivity contribution in [2.45, 2.75) is 69.6 Å². The molecule has 182 valence electrons. The summed E-state index contributed by atoms with van der Waals surface area (Å²) in [6.07, 6.45) is -0.783. The molecule has 4 atom stereocenters. The smallest absolute Gasteiger partial charge is 0.326 e. The van der Waals surface area contributed by atoms with E-state index in [0.717, 1.165) is 0 Å². The molecule has 0 aromatic rings. The highest BCUT2D eigenvalue weighted by atomic mass is 16.4. The number of carbonyl (C=O) groups is 6. The van der Waals surface area contributed by atoms with Crippen molar-refractivity contribution in [1.29, 1.82) is 0 Å². The van der Waals surface area contributed by atoms with Crippen LogP contribution in [-0.2, 0) is 28.8 Å². The highest BCUT2D eigenvalue weighted by Gasteiger charge is 2.31. The van der Waals surface area contributed by atoms with Gasteiger partial charge in [-0.2, -0.15) is 0 Å². The van der Waals surface area contributed by atoms with E-state index in [-0.39, 0.29) is 12.8 Å². The van der Waals surface area contributed by atoms with Crippen molar-refractivity contribution in [3.05, 3.63) is 0 Å². The largest absolute Gasteiger partial charge is 0.481 e. The predicted octanol–water partition coefficient (Wildman–Crippen LogP) is -2.66. The number of carboxylic acids is 3. The monoisotopic (exact) mass is 461 g/mol. The zero-order valence-corrected chi connectivity index (χ0v) is 17.7. The summed E-state index contributed by atoms with van der Waals surface area (Å²) >= 11 is 0. The van der Waals surface area contributed by atoms with E-state index in [1.165, 1.54) is 6.92 Å². The lowest BCUT2D eigenvalue weighted by molar-refractivity contribution is -0.143. The van der Waals surface area contributed by atoms with Crippen LogP contribution in [0.1, 0.15) is 45.4 Å². The molecule has 0 heterocycles. The first-order valence-electron chi connectivity index (χ1n) is 9.92. The molecule has 0 aliphatic carbocycles. The molecule has 0 aliphatic heterocycles. The third kappa shape index (κ3) is 11.8. The van der Waals surface area contributed by atoms with Gasteiger partial charge in [0.2, 0.25) is 17.7 Å². The third-order valence-electron chi connectivity index (χ3n) is 4.27. The van der Waals surface area contributed by atoms with Crippen molar-refractivity contribution < 1.29 is 44.1 Å². The molecule has 0 radical (unpaired) electrons. The van der Waals surface area contributed by atoms with Crippen LogP contribution in [0, 0.1) is 0 Å². The summed E-state index contributed by atoms with van der Waals surface area (Å²) in [5, 5.41) is 33.7. The molecule has 14 nitrogen and oxygen atoms in total. The number of nitrogens with two attached hydrogens (primary N) is 2. The molecule has 3 amide bonds. The fourth-order valence-electron chi connectivity index (χ4n) is 2.52. The number of nitrogens with one attached hydrogen (secondary N) is 3. The van der Waals surface area contributed by atoms with Crippen molar-refractivity contribution in [2.75, 3.05) is 6.54 Å². The maximum Gasteiger partial charge on any atom is 0.326 e. The average molecular weight is 461 g/mol. The second-order valence-electron chi connectivity index (χ2n) is 7.13. The molecular weight excluding hydrogens is 430 g/mol. The van der Waals surface area contributed by atoms with Gasteiger partial charge in [-0.1, -0.05) is 0 Å². The van der Waals surface area contributed by atoms with Crippen LogP contribution < -0.4 is 27.4 Å². The molecule has 0 fully saturated rings. The summed E-state index contributed by atoms with van der Waals surface area (Å²) in [6.45, 7) is 1.65. The van der Waals surface area contributed by atoms with E-state index in [0.29, 0.717) is 19.4 Å². The Balaban J connectivity index is 5.43. The van der Waals surface area contributed by atoms with Gasteiger partial charge in [-0.25, -0.2) is 4.79 Å². The number of aliphatic carboxylic acids is 3.